The van der Waals surface area contributed by atoms with Crippen LogP contribution in [0.4, 0.5) is 0 Å². The number of nitrogens with one attached hydrogen (secondary N) is 2. The van der Waals surface area contributed by atoms with Crippen molar-refractivity contribution >= 4 is 34.5 Å². The molecule has 0 radical (unpaired) electrons. The second kappa shape index (κ2) is 6.99. The minimum Gasteiger partial charge on any atom is -0.465 e. The smallest absolute Gasteiger partial charge is 0.339 e. The molecule has 0 aliphatic carbocycles. The molecule has 1 atom stereocenters. The Morgan fingerprint density at radius 3 is 2.62 bits per heavy atom. The number of thioether (sulfide) groups is 1. The number of hydrogen-bond donors (Lipinski definition) is 2. The van der Waals surface area contributed by atoms with Crippen LogP contribution in [0.25, 0.3) is 11.0 Å². The number of H-pyrrole nitrogens is 2. The first-order chi connectivity index (χ1) is 12.3. The second-order valence-electron chi connectivity index (χ2n) is 6.30. The first kappa shape index (κ1) is 18.3. The van der Waals surface area contributed by atoms with Gasteiger partial charge < -0.3 is 14.7 Å². The van der Waals surface area contributed by atoms with Gasteiger partial charge in [-0.25, -0.2) is 9.78 Å². The number of ether oxygens (including phenoxy) is 1. The van der Waals surface area contributed by atoms with E-state index in [0.717, 1.165) is 16.6 Å². The van der Waals surface area contributed by atoms with Crippen LogP contribution < -0.4 is 0 Å². The van der Waals surface area contributed by atoms with Gasteiger partial charge in [0.2, 0.25) is 0 Å². The van der Waals surface area contributed by atoms with Crippen LogP contribution in [-0.2, 0) is 4.74 Å². The lowest BCUT2D eigenvalue weighted by Gasteiger charge is -2.08. The minimum absolute atomic E-state index is 0.0811. The molecule has 0 fully saturated rings. The Morgan fingerprint density at radius 2 is 1.92 bits per heavy atom. The van der Waals surface area contributed by atoms with Gasteiger partial charge >= 0.3 is 5.97 Å². The van der Waals surface area contributed by atoms with E-state index in [9.17, 15) is 9.59 Å². The van der Waals surface area contributed by atoms with Gasteiger partial charge in [-0.05, 0) is 51.0 Å². The third kappa shape index (κ3) is 3.26. The fourth-order valence-electron chi connectivity index (χ4n) is 2.98. The van der Waals surface area contributed by atoms with Crippen molar-refractivity contribution in [2.75, 3.05) is 7.11 Å². The SMILES string of the molecule is COC(=O)c1c(C)[nH]c(C(=O)[C@H](C)Sc2nc3ccc(C)cc3[nH]2)c1C. The number of nitrogens with zero attached hydrogens (tertiary/aromatic N) is 1. The van der Waals surface area contributed by atoms with Crippen LogP contribution in [0.1, 0.15) is 44.6 Å². The van der Waals surface area contributed by atoms with Gasteiger partial charge in [0.25, 0.3) is 0 Å². The number of imidazole rings is 1. The topological polar surface area (TPSA) is 87.8 Å². The molecule has 2 heterocycles. The predicted octanol–water partition coefficient (Wildman–Crippen LogP) is 3.97. The van der Waals surface area contributed by atoms with Crippen LogP contribution >= 0.6 is 11.8 Å². The van der Waals surface area contributed by atoms with Crippen molar-refractivity contribution in [3.63, 3.8) is 0 Å². The molecule has 136 valence electrons. The molecule has 6 nitrogen and oxygen atoms in total. The number of aromatic amines is 2. The fraction of sp³-hybridized carbons (Fsp3) is 0.316. The summed E-state index contributed by atoms with van der Waals surface area (Å²) in [5, 5.41) is 0.333. The summed E-state index contributed by atoms with van der Waals surface area (Å²) in [6, 6.07) is 5.99. The maximum Gasteiger partial charge on any atom is 0.339 e. The van der Waals surface area contributed by atoms with Gasteiger partial charge in [0, 0.05) is 5.69 Å². The molecular weight excluding hydrogens is 350 g/mol. The summed E-state index contributed by atoms with van der Waals surface area (Å²) < 4.78 is 4.80. The van der Waals surface area contributed by atoms with Crippen molar-refractivity contribution in [1.29, 1.82) is 0 Å². The molecule has 3 rings (SSSR count). The maximum atomic E-state index is 12.9. The van der Waals surface area contributed by atoms with Gasteiger partial charge in [-0.1, -0.05) is 17.8 Å². The molecule has 2 aromatic heterocycles. The number of carbonyl (C=O) groups is 2. The molecule has 7 heteroatoms. The minimum atomic E-state index is -0.441. The van der Waals surface area contributed by atoms with Crippen LogP contribution in [0.5, 0.6) is 0 Å². The number of hydrogen-bond acceptors (Lipinski definition) is 5. The molecule has 0 amide bonds. The highest BCUT2D eigenvalue weighted by Gasteiger charge is 2.26. The number of Topliss-reactive ketones (excluding diaryl/α,β-unsaturated/α-hetero) is 1. The molecule has 0 aliphatic rings. The summed E-state index contributed by atoms with van der Waals surface area (Å²) >= 11 is 1.36. The molecule has 0 bridgehead atoms. The zero-order valence-corrected chi connectivity index (χ0v) is 16.2. The highest BCUT2D eigenvalue weighted by molar-refractivity contribution is 8.00. The van der Waals surface area contributed by atoms with E-state index in [-0.39, 0.29) is 11.0 Å². The predicted molar refractivity (Wildman–Crippen MR) is 102 cm³/mol. The Morgan fingerprint density at radius 1 is 1.19 bits per heavy atom. The van der Waals surface area contributed by atoms with E-state index in [1.165, 1.54) is 18.9 Å². The highest BCUT2D eigenvalue weighted by Crippen LogP contribution is 2.28. The summed E-state index contributed by atoms with van der Waals surface area (Å²) in [5.41, 5.74) is 5.09. The molecule has 3 aromatic rings. The third-order valence-electron chi connectivity index (χ3n) is 4.35. The average Bonchev–Trinajstić information content (AvgIpc) is 3.12. The number of fused-ring (bicyclic) bond motifs is 1. The Labute approximate surface area is 155 Å². The lowest BCUT2D eigenvalue weighted by molar-refractivity contribution is 0.0599. The number of ketones is 1. The van der Waals surface area contributed by atoms with E-state index in [1.54, 1.807) is 13.8 Å². The van der Waals surface area contributed by atoms with Gasteiger partial charge in [0.15, 0.2) is 10.9 Å². The Balaban J connectivity index is 1.84. The van der Waals surface area contributed by atoms with E-state index in [0.29, 0.717) is 27.7 Å². The Hall–Kier alpha value is -2.54. The lowest BCUT2D eigenvalue weighted by atomic mass is 10.1. The monoisotopic (exact) mass is 371 g/mol. The number of rotatable bonds is 5. The van der Waals surface area contributed by atoms with Crippen molar-refractivity contribution in [2.45, 2.75) is 38.1 Å². The lowest BCUT2D eigenvalue weighted by Crippen LogP contribution is -2.15. The molecule has 0 spiro atoms. The zero-order chi connectivity index (χ0) is 19.0. The number of benzene rings is 1. The average molecular weight is 371 g/mol. The van der Waals surface area contributed by atoms with Crippen molar-refractivity contribution in [1.82, 2.24) is 15.0 Å². The van der Waals surface area contributed by atoms with Crippen molar-refractivity contribution in [3.8, 4) is 0 Å². The fourth-order valence-corrected chi connectivity index (χ4v) is 3.86. The van der Waals surface area contributed by atoms with E-state index in [4.69, 9.17) is 4.74 Å². The molecule has 1 aromatic carbocycles. The van der Waals surface area contributed by atoms with E-state index >= 15 is 0 Å². The van der Waals surface area contributed by atoms with E-state index in [2.05, 4.69) is 15.0 Å². The summed E-state index contributed by atoms with van der Waals surface area (Å²) in [6.45, 7) is 7.37. The molecule has 0 saturated carbocycles. The van der Waals surface area contributed by atoms with E-state index in [1.807, 2.05) is 32.0 Å². The van der Waals surface area contributed by atoms with Gasteiger partial charge in [0.05, 0.1) is 34.7 Å². The molecule has 0 aliphatic heterocycles. The highest BCUT2D eigenvalue weighted by atomic mass is 32.2. The number of aryl methyl sites for hydroxylation is 2. The summed E-state index contributed by atoms with van der Waals surface area (Å²) in [5.74, 6) is -0.523. The summed E-state index contributed by atoms with van der Waals surface area (Å²) in [7, 11) is 1.33. The van der Waals surface area contributed by atoms with Crippen molar-refractivity contribution in [3.05, 3.63) is 46.3 Å². The standard InChI is InChI=1S/C19H21N3O3S/c1-9-6-7-13-14(8-9)22-19(21-13)26-12(4)17(23)16-10(2)15(11(3)20-16)18(24)25-5/h6-8,12,20H,1-5H3,(H,21,22)/t12-/m0/s1. The quantitative estimate of drug-likeness (QED) is 0.402. The van der Waals surface area contributed by atoms with Crippen LogP contribution in [0.3, 0.4) is 0 Å². The largest absolute Gasteiger partial charge is 0.465 e. The van der Waals surface area contributed by atoms with Crippen LogP contribution in [0.2, 0.25) is 0 Å². The van der Waals surface area contributed by atoms with Crippen LogP contribution in [-0.4, -0.2) is 39.1 Å². The first-order valence-corrected chi connectivity index (χ1v) is 9.14. The molecular formula is C19H21N3O3S. The molecule has 26 heavy (non-hydrogen) atoms. The van der Waals surface area contributed by atoms with Crippen molar-refractivity contribution < 1.29 is 14.3 Å². The Bertz CT molecular complexity index is 1000. The third-order valence-corrected chi connectivity index (χ3v) is 5.33. The zero-order valence-electron chi connectivity index (χ0n) is 15.4. The van der Waals surface area contributed by atoms with Gasteiger partial charge in [-0.15, -0.1) is 0 Å². The Kier molecular flexibility index (Phi) is 4.91. The van der Waals surface area contributed by atoms with Crippen LogP contribution in [0.15, 0.2) is 23.4 Å². The normalized spacial score (nSPS) is 12.3. The molecule has 0 unspecified atom stereocenters. The summed E-state index contributed by atoms with van der Waals surface area (Å²) in [6.07, 6.45) is 0. The number of carbonyl (C=O) groups excluding carboxylic acids is 2. The first-order valence-electron chi connectivity index (χ1n) is 8.26. The van der Waals surface area contributed by atoms with Gasteiger partial charge in [-0.3, -0.25) is 4.79 Å². The summed E-state index contributed by atoms with van der Waals surface area (Å²) in [4.78, 5) is 35.6. The maximum absolute atomic E-state index is 12.9. The second-order valence-corrected chi connectivity index (χ2v) is 7.63. The number of esters is 1. The van der Waals surface area contributed by atoms with Crippen molar-refractivity contribution in [2.24, 2.45) is 0 Å². The number of methoxy groups -OCH3 is 1. The molecule has 0 saturated heterocycles. The number of aromatic nitrogens is 3. The van der Waals surface area contributed by atoms with E-state index < -0.39 is 5.97 Å². The van der Waals surface area contributed by atoms with Crippen LogP contribution in [0, 0.1) is 20.8 Å². The van der Waals surface area contributed by atoms with Gasteiger partial charge in [0.1, 0.15) is 0 Å². The van der Waals surface area contributed by atoms with Gasteiger partial charge in [-0.2, -0.15) is 0 Å². The molecule has 2 N–H and O–H groups in total.